The first-order valence-electron chi connectivity index (χ1n) is 19.8. The number of nitrogens with one attached hydrogen (secondary N) is 1. The number of aryl methyl sites for hydroxylation is 1. The van der Waals surface area contributed by atoms with Gasteiger partial charge in [0.1, 0.15) is 11.3 Å². The maximum absolute atomic E-state index is 14.3. The molecular weight excluding hydrogens is 706 g/mol. The molecule has 3 aromatic rings. The van der Waals surface area contributed by atoms with Crippen LogP contribution in [0.25, 0.3) is 0 Å². The van der Waals surface area contributed by atoms with Gasteiger partial charge in [-0.2, -0.15) is 0 Å². The Hall–Kier alpha value is -4.18. The number of fused-ring (bicyclic) bond motifs is 4. The van der Waals surface area contributed by atoms with Crippen molar-refractivity contribution >= 4 is 29.4 Å². The highest BCUT2D eigenvalue weighted by molar-refractivity contribution is 6.30. The smallest absolute Gasteiger partial charge is 0.412 e. The summed E-state index contributed by atoms with van der Waals surface area (Å²) in [4.78, 5) is 33.3. The van der Waals surface area contributed by atoms with Crippen molar-refractivity contribution in [3.63, 3.8) is 0 Å². The van der Waals surface area contributed by atoms with E-state index < -0.39 is 23.9 Å². The Balaban J connectivity index is 1.13. The van der Waals surface area contributed by atoms with Crippen molar-refractivity contribution in [1.29, 1.82) is 0 Å². The molecule has 2 aromatic carbocycles. The normalized spacial score (nSPS) is 24.9. The summed E-state index contributed by atoms with van der Waals surface area (Å²) < 4.78 is 29.8. The number of hydrogen-bond acceptors (Lipinski definition) is 9. The van der Waals surface area contributed by atoms with Gasteiger partial charge in [0.05, 0.1) is 6.61 Å². The Morgan fingerprint density at radius 1 is 1.04 bits per heavy atom. The summed E-state index contributed by atoms with van der Waals surface area (Å²) in [7, 11) is 0. The summed E-state index contributed by atoms with van der Waals surface area (Å²) >= 11 is 6.41. The lowest BCUT2D eigenvalue weighted by Crippen LogP contribution is -2.54. The van der Waals surface area contributed by atoms with E-state index >= 15 is 0 Å². The third kappa shape index (κ3) is 7.55. The van der Waals surface area contributed by atoms with Gasteiger partial charge in [-0.15, -0.1) is 0 Å². The van der Waals surface area contributed by atoms with Crippen molar-refractivity contribution in [2.24, 2.45) is 11.8 Å². The van der Waals surface area contributed by atoms with Gasteiger partial charge >= 0.3 is 12.1 Å². The molecule has 4 atom stereocenters. The van der Waals surface area contributed by atoms with Gasteiger partial charge in [-0.3, -0.25) is 4.98 Å². The number of ether oxygens (including phenoxy) is 5. The van der Waals surface area contributed by atoms with E-state index in [1.54, 1.807) is 11.8 Å². The molecule has 1 saturated carbocycles. The maximum Gasteiger partial charge on any atom is 0.412 e. The zero-order valence-electron chi connectivity index (χ0n) is 32.3. The van der Waals surface area contributed by atoms with Crippen molar-refractivity contribution in [3.05, 3.63) is 76.1 Å². The van der Waals surface area contributed by atoms with Gasteiger partial charge in [0.15, 0.2) is 11.5 Å². The Labute approximate surface area is 324 Å². The van der Waals surface area contributed by atoms with Crippen molar-refractivity contribution in [2.45, 2.75) is 116 Å². The molecule has 2 heterocycles. The zero-order chi connectivity index (χ0) is 38.0. The molecule has 0 bridgehead atoms. The second kappa shape index (κ2) is 15.9. The number of aromatic nitrogens is 1. The molecule has 11 heteroatoms. The molecule has 1 N–H and O–H groups in total. The number of carbonyl (C=O) groups excluding carboxylic acids is 2. The minimum absolute atomic E-state index is 0.199. The number of benzene rings is 2. The van der Waals surface area contributed by atoms with Gasteiger partial charge < -0.3 is 33.9 Å². The number of amides is 1. The molecule has 10 nitrogen and oxygen atoms in total. The van der Waals surface area contributed by atoms with Crippen molar-refractivity contribution in [2.75, 3.05) is 31.8 Å². The quantitative estimate of drug-likeness (QED) is 0.143. The van der Waals surface area contributed by atoms with Gasteiger partial charge in [-0.05, 0) is 142 Å². The van der Waals surface area contributed by atoms with Crippen LogP contribution in [-0.2, 0) is 32.5 Å². The van der Waals surface area contributed by atoms with Crippen LogP contribution in [0.1, 0.15) is 108 Å². The van der Waals surface area contributed by atoms with Gasteiger partial charge in [0.2, 0.25) is 13.1 Å². The van der Waals surface area contributed by atoms with E-state index in [9.17, 15) is 9.59 Å². The number of pyridine rings is 1. The molecule has 4 aliphatic rings. The molecule has 1 aromatic heterocycles. The molecule has 0 saturated heterocycles. The fourth-order valence-corrected chi connectivity index (χ4v) is 9.66. The molecule has 0 radical (unpaired) electrons. The molecular formula is C43H54ClN3O7. The molecule has 1 unspecified atom stereocenters. The molecule has 1 amide bonds. The average Bonchev–Trinajstić information content (AvgIpc) is 3.72. The summed E-state index contributed by atoms with van der Waals surface area (Å²) in [5, 5.41) is 4.12. The number of carbonyl (C=O) groups is 2. The van der Waals surface area contributed by atoms with Gasteiger partial charge in [0, 0.05) is 48.2 Å². The lowest BCUT2D eigenvalue weighted by atomic mass is 9.59. The predicted octanol–water partition coefficient (Wildman–Crippen LogP) is 9.21. The van der Waals surface area contributed by atoms with Crippen LogP contribution in [0.2, 0.25) is 5.02 Å². The number of esters is 1. The fourth-order valence-electron chi connectivity index (χ4n) is 9.47. The Bertz CT molecular complexity index is 1840. The summed E-state index contributed by atoms with van der Waals surface area (Å²) in [6.45, 7) is 11.7. The summed E-state index contributed by atoms with van der Waals surface area (Å²) in [6, 6.07) is 13.8. The topological polar surface area (TPSA) is 108 Å². The van der Waals surface area contributed by atoms with Crippen molar-refractivity contribution < 1.29 is 33.3 Å². The van der Waals surface area contributed by atoms with Crippen LogP contribution < -0.4 is 19.5 Å². The first kappa shape index (κ1) is 38.1. The maximum atomic E-state index is 14.3. The molecule has 7 rings (SSSR count). The number of nitrogens with zero attached hydrogens (tertiary/aromatic N) is 2. The second-order valence-corrected chi connectivity index (χ2v) is 16.2. The number of anilines is 1. The van der Waals surface area contributed by atoms with Crippen LogP contribution in [-0.4, -0.2) is 60.3 Å². The van der Waals surface area contributed by atoms with Crippen molar-refractivity contribution in [3.8, 4) is 17.2 Å². The highest BCUT2D eigenvalue weighted by Crippen LogP contribution is 2.58. The lowest BCUT2D eigenvalue weighted by Gasteiger charge is -2.48. The molecule has 1 spiro atoms. The van der Waals surface area contributed by atoms with E-state index in [1.807, 2.05) is 50.4 Å². The monoisotopic (exact) mass is 759 g/mol. The van der Waals surface area contributed by atoms with Crippen LogP contribution >= 0.6 is 11.6 Å². The van der Waals surface area contributed by atoms with E-state index in [0.717, 1.165) is 61.5 Å². The lowest BCUT2D eigenvalue weighted by molar-refractivity contribution is -0.173. The number of hydrogen-bond donors (Lipinski definition) is 1. The molecule has 1 aliphatic heterocycles. The Morgan fingerprint density at radius 2 is 1.80 bits per heavy atom. The summed E-state index contributed by atoms with van der Waals surface area (Å²) in [5.74, 6) is 3.13. The van der Waals surface area contributed by atoms with E-state index in [-0.39, 0.29) is 18.1 Å². The van der Waals surface area contributed by atoms with E-state index in [0.29, 0.717) is 49.4 Å². The van der Waals surface area contributed by atoms with E-state index in [2.05, 4.69) is 36.3 Å². The SMILES string of the molecule is CCN(CC)C(=O)OC(C)OC(=O)C1(Nc2cccc(Cl)c2)CCC2(CC1)c1cc3c(cc1C[C@@H]2C[C@@H](C)COc1ccnc2c1[C@H](C)CCC2)OCO3. The van der Waals surface area contributed by atoms with Crippen molar-refractivity contribution in [1.82, 2.24) is 9.88 Å². The summed E-state index contributed by atoms with van der Waals surface area (Å²) in [5.41, 5.74) is 4.48. The second-order valence-electron chi connectivity index (χ2n) is 15.8. The molecule has 54 heavy (non-hydrogen) atoms. The van der Waals surface area contributed by atoms with Crippen LogP contribution in [0, 0.1) is 11.8 Å². The van der Waals surface area contributed by atoms with E-state index in [4.69, 9.17) is 35.3 Å². The Kier molecular flexibility index (Phi) is 11.2. The first-order valence-corrected chi connectivity index (χ1v) is 20.2. The number of rotatable bonds is 12. The largest absolute Gasteiger partial charge is 0.493 e. The minimum Gasteiger partial charge on any atom is -0.493 e. The van der Waals surface area contributed by atoms with E-state index in [1.165, 1.54) is 28.8 Å². The standard InChI is InChI=1S/C43H54ClN3O7/c1-6-47(7-2)41(49)54-29(5)53-40(48)43(46-33-12-9-11-32(44)23-33)17-15-42(16-18-43)31(21-30-22-37-38(24-34(30)42)52-26-51-37)20-27(3)25-50-36-14-19-45-35-13-8-10-28(4)39(35)36/h9,11-12,14,19,22-24,27-29,31,46H,6-8,10,13,15-18,20-21,25-26H2,1-5H3/t27-,28-,29?,31+,42?,43?/m1/s1. The highest BCUT2D eigenvalue weighted by atomic mass is 35.5. The Morgan fingerprint density at radius 3 is 2.54 bits per heavy atom. The van der Waals surface area contributed by atoms with Crippen LogP contribution in [0.4, 0.5) is 10.5 Å². The van der Waals surface area contributed by atoms with Gasteiger partial charge in [-0.1, -0.05) is 31.5 Å². The third-order valence-electron chi connectivity index (χ3n) is 12.3. The highest BCUT2D eigenvalue weighted by Gasteiger charge is 2.55. The summed E-state index contributed by atoms with van der Waals surface area (Å²) in [6.07, 6.45) is 8.01. The van der Waals surface area contributed by atoms with Gasteiger partial charge in [0.25, 0.3) is 0 Å². The number of halogens is 1. The first-order chi connectivity index (χ1) is 26.0. The molecule has 290 valence electrons. The van der Waals surface area contributed by atoms with Crippen LogP contribution in [0.15, 0.2) is 48.7 Å². The molecule has 3 aliphatic carbocycles. The average molecular weight is 760 g/mol. The molecule has 1 fully saturated rings. The van der Waals surface area contributed by atoms with Crippen LogP contribution in [0.3, 0.4) is 0 Å². The predicted molar refractivity (Wildman–Crippen MR) is 208 cm³/mol. The third-order valence-corrected chi connectivity index (χ3v) is 12.6. The van der Waals surface area contributed by atoms with Crippen LogP contribution in [0.5, 0.6) is 17.2 Å². The minimum atomic E-state index is -1.07. The zero-order valence-corrected chi connectivity index (χ0v) is 33.0. The fraction of sp³-hybridized carbons (Fsp3) is 0.558. The van der Waals surface area contributed by atoms with Gasteiger partial charge in [-0.25, -0.2) is 9.59 Å².